The monoisotopic (exact) mass is 485 g/mol. The molecular weight excluding hydrogens is 463 g/mol. The second-order valence-electron chi connectivity index (χ2n) is 8.33. The van der Waals surface area contributed by atoms with Gasteiger partial charge in [0.05, 0.1) is 11.3 Å². The number of ether oxygens (including phenoxy) is 2. The Hall–Kier alpha value is -3.86. The standard InChI is InChI=1S/C24H22F3N5O3/c25-24(26,27)17-4-2-16(3-5-17)18-12-19(22(28)33)30-23(29-18)32-9-7-31(8-10-32)13-15-1-6-20-21(11-15)35-14-34-20/h1-6,11-12H,7-10,13-14H2,(H2,28,33). The maximum atomic E-state index is 12.9. The van der Waals surface area contributed by atoms with Gasteiger partial charge < -0.3 is 20.1 Å². The van der Waals surface area contributed by atoms with Crippen molar-refractivity contribution >= 4 is 11.9 Å². The van der Waals surface area contributed by atoms with Gasteiger partial charge in [-0.1, -0.05) is 18.2 Å². The fourth-order valence-corrected chi connectivity index (χ4v) is 4.08. The number of rotatable bonds is 5. The molecule has 3 heterocycles. The molecule has 0 radical (unpaired) electrons. The number of aromatic nitrogens is 2. The van der Waals surface area contributed by atoms with E-state index in [0.717, 1.165) is 48.8 Å². The number of carbonyl (C=O) groups excluding carboxylic acids is 1. The third kappa shape index (κ3) is 4.99. The molecule has 3 aromatic rings. The van der Waals surface area contributed by atoms with Crippen molar-refractivity contribution in [3.63, 3.8) is 0 Å². The molecule has 0 saturated carbocycles. The van der Waals surface area contributed by atoms with Gasteiger partial charge in [-0.15, -0.1) is 0 Å². The summed E-state index contributed by atoms with van der Waals surface area (Å²) in [6.45, 7) is 3.65. The van der Waals surface area contributed by atoms with E-state index in [0.29, 0.717) is 30.3 Å². The third-order valence-electron chi connectivity index (χ3n) is 5.97. The maximum Gasteiger partial charge on any atom is 0.416 e. The van der Waals surface area contributed by atoms with Crippen LogP contribution in [0.2, 0.25) is 0 Å². The number of nitrogens with zero attached hydrogens (tertiary/aromatic N) is 4. The smallest absolute Gasteiger partial charge is 0.416 e. The van der Waals surface area contributed by atoms with Gasteiger partial charge in [0.25, 0.3) is 5.91 Å². The van der Waals surface area contributed by atoms with Crippen LogP contribution < -0.4 is 20.1 Å². The highest BCUT2D eigenvalue weighted by molar-refractivity contribution is 5.92. The van der Waals surface area contributed by atoms with Gasteiger partial charge >= 0.3 is 6.18 Å². The van der Waals surface area contributed by atoms with Crippen LogP contribution in [0.15, 0.2) is 48.5 Å². The molecule has 0 spiro atoms. The number of nitrogens with two attached hydrogens (primary N) is 1. The number of primary amides is 1. The Morgan fingerprint density at radius 1 is 0.943 bits per heavy atom. The maximum absolute atomic E-state index is 12.9. The zero-order valence-electron chi connectivity index (χ0n) is 18.6. The number of halogens is 3. The van der Waals surface area contributed by atoms with Crippen LogP contribution in [-0.2, 0) is 12.7 Å². The summed E-state index contributed by atoms with van der Waals surface area (Å²) in [4.78, 5) is 24.9. The van der Waals surface area contributed by atoms with Crippen LogP contribution >= 0.6 is 0 Å². The quantitative estimate of drug-likeness (QED) is 0.593. The van der Waals surface area contributed by atoms with Gasteiger partial charge in [-0.3, -0.25) is 9.69 Å². The largest absolute Gasteiger partial charge is 0.454 e. The van der Waals surface area contributed by atoms with Crippen LogP contribution in [0.1, 0.15) is 21.6 Å². The molecule has 2 N–H and O–H groups in total. The molecule has 0 bridgehead atoms. The van der Waals surface area contributed by atoms with Gasteiger partial charge in [-0.25, -0.2) is 9.97 Å². The minimum absolute atomic E-state index is 0.00712. The highest BCUT2D eigenvalue weighted by Gasteiger charge is 2.30. The summed E-state index contributed by atoms with van der Waals surface area (Å²) in [6.07, 6.45) is -4.44. The molecule has 2 aromatic carbocycles. The molecule has 0 atom stereocenters. The Kier molecular flexibility index (Phi) is 5.93. The molecule has 1 aromatic heterocycles. The average molecular weight is 485 g/mol. The molecular formula is C24H22F3N5O3. The number of benzene rings is 2. The molecule has 11 heteroatoms. The predicted octanol–water partition coefficient (Wildman–Crippen LogP) is 3.31. The zero-order valence-corrected chi connectivity index (χ0v) is 18.6. The normalized spacial score (nSPS) is 15.9. The van der Waals surface area contributed by atoms with Crippen molar-refractivity contribution in [1.82, 2.24) is 14.9 Å². The van der Waals surface area contributed by atoms with Gasteiger partial charge in [0.2, 0.25) is 12.7 Å². The first-order chi connectivity index (χ1) is 16.8. The summed E-state index contributed by atoms with van der Waals surface area (Å²) in [5, 5.41) is 0. The lowest BCUT2D eigenvalue weighted by atomic mass is 10.1. The van der Waals surface area contributed by atoms with Crippen LogP contribution in [0.4, 0.5) is 19.1 Å². The Balaban J connectivity index is 1.31. The number of carbonyl (C=O) groups is 1. The minimum Gasteiger partial charge on any atom is -0.454 e. The van der Waals surface area contributed by atoms with E-state index in [1.165, 1.54) is 18.2 Å². The molecule has 8 nitrogen and oxygen atoms in total. The zero-order chi connectivity index (χ0) is 24.6. The lowest BCUT2D eigenvalue weighted by Crippen LogP contribution is -2.46. The molecule has 1 amide bonds. The van der Waals surface area contributed by atoms with Gasteiger partial charge in [0.15, 0.2) is 11.5 Å². The topological polar surface area (TPSA) is 93.8 Å². The summed E-state index contributed by atoms with van der Waals surface area (Å²) in [5.41, 5.74) is 6.59. The van der Waals surface area contributed by atoms with Crippen molar-refractivity contribution in [2.75, 3.05) is 37.9 Å². The van der Waals surface area contributed by atoms with Crippen molar-refractivity contribution in [1.29, 1.82) is 0 Å². The van der Waals surface area contributed by atoms with Gasteiger partial charge in [0, 0.05) is 38.3 Å². The Morgan fingerprint density at radius 3 is 2.34 bits per heavy atom. The van der Waals surface area contributed by atoms with E-state index in [2.05, 4.69) is 14.9 Å². The van der Waals surface area contributed by atoms with E-state index in [-0.39, 0.29) is 12.5 Å². The number of hydrogen-bond donors (Lipinski definition) is 1. The molecule has 1 saturated heterocycles. The average Bonchev–Trinajstić information content (AvgIpc) is 3.32. The van der Waals surface area contributed by atoms with Crippen molar-refractivity contribution in [2.45, 2.75) is 12.7 Å². The number of fused-ring (bicyclic) bond motifs is 1. The van der Waals surface area contributed by atoms with Crippen LogP contribution in [0.5, 0.6) is 11.5 Å². The number of alkyl halides is 3. The van der Waals surface area contributed by atoms with Crippen molar-refractivity contribution < 1.29 is 27.4 Å². The highest BCUT2D eigenvalue weighted by atomic mass is 19.4. The SMILES string of the molecule is NC(=O)c1cc(-c2ccc(C(F)(F)F)cc2)nc(N2CCN(Cc3ccc4c(c3)OCO4)CC2)n1. The number of amides is 1. The van der Waals surface area contributed by atoms with Crippen LogP contribution in [0.25, 0.3) is 11.3 Å². The lowest BCUT2D eigenvalue weighted by molar-refractivity contribution is -0.137. The summed E-state index contributed by atoms with van der Waals surface area (Å²) in [6, 6.07) is 11.9. The van der Waals surface area contributed by atoms with Crippen LogP contribution in [0, 0.1) is 0 Å². The molecule has 0 unspecified atom stereocenters. The Morgan fingerprint density at radius 2 is 1.66 bits per heavy atom. The number of anilines is 1. The second kappa shape index (κ2) is 9.06. The first-order valence-electron chi connectivity index (χ1n) is 11.0. The Labute approximate surface area is 199 Å². The second-order valence-corrected chi connectivity index (χ2v) is 8.33. The lowest BCUT2D eigenvalue weighted by Gasteiger charge is -2.35. The fraction of sp³-hybridized carbons (Fsp3) is 0.292. The first-order valence-corrected chi connectivity index (χ1v) is 11.0. The minimum atomic E-state index is -4.44. The van der Waals surface area contributed by atoms with Crippen LogP contribution in [-0.4, -0.2) is 53.7 Å². The van der Waals surface area contributed by atoms with E-state index >= 15 is 0 Å². The molecule has 2 aliphatic rings. The number of hydrogen-bond acceptors (Lipinski definition) is 7. The Bertz CT molecular complexity index is 1240. The fourth-order valence-electron chi connectivity index (χ4n) is 4.08. The predicted molar refractivity (Wildman–Crippen MR) is 121 cm³/mol. The van der Waals surface area contributed by atoms with Gasteiger partial charge in [0.1, 0.15) is 5.69 Å². The van der Waals surface area contributed by atoms with E-state index < -0.39 is 17.6 Å². The van der Waals surface area contributed by atoms with Crippen molar-refractivity contribution in [3.8, 4) is 22.8 Å². The number of piperazine rings is 1. The third-order valence-corrected chi connectivity index (χ3v) is 5.97. The van der Waals surface area contributed by atoms with E-state index in [9.17, 15) is 18.0 Å². The van der Waals surface area contributed by atoms with E-state index in [1.54, 1.807) is 0 Å². The van der Waals surface area contributed by atoms with Crippen molar-refractivity contribution in [3.05, 3.63) is 65.4 Å². The van der Waals surface area contributed by atoms with E-state index in [1.807, 2.05) is 23.1 Å². The van der Waals surface area contributed by atoms with Crippen LogP contribution in [0.3, 0.4) is 0 Å². The van der Waals surface area contributed by atoms with E-state index in [4.69, 9.17) is 15.2 Å². The summed E-state index contributed by atoms with van der Waals surface area (Å²) in [7, 11) is 0. The molecule has 35 heavy (non-hydrogen) atoms. The summed E-state index contributed by atoms with van der Waals surface area (Å²) < 4.78 is 49.6. The molecule has 5 rings (SSSR count). The molecule has 182 valence electrons. The summed E-state index contributed by atoms with van der Waals surface area (Å²) >= 11 is 0. The molecule has 0 aliphatic carbocycles. The van der Waals surface area contributed by atoms with Crippen molar-refractivity contribution in [2.24, 2.45) is 5.73 Å². The first kappa shape index (κ1) is 22.9. The van der Waals surface area contributed by atoms with Gasteiger partial charge in [-0.05, 0) is 35.9 Å². The van der Waals surface area contributed by atoms with Gasteiger partial charge in [-0.2, -0.15) is 13.2 Å². The highest BCUT2D eigenvalue weighted by Crippen LogP contribution is 2.33. The molecule has 1 fully saturated rings. The molecule has 2 aliphatic heterocycles. The summed E-state index contributed by atoms with van der Waals surface area (Å²) in [5.74, 6) is 1.07.